The van der Waals surface area contributed by atoms with Crippen molar-refractivity contribution in [3.8, 4) is 0 Å². The van der Waals surface area contributed by atoms with Gasteiger partial charge in [-0.1, -0.05) is 0 Å². The zero-order chi connectivity index (χ0) is 12.3. The molecule has 1 aliphatic heterocycles. The average Bonchev–Trinajstić information content (AvgIpc) is 2.74. The molecule has 2 heterocycles. The SMILES string of the molecule is CNC1CCCN(CCc2ccnn2C)C1=O. The van der Waals surface area contributed by atoms with Crippen molar-refractivity contribution in [3.63, 3.8) is 0 Å². The second-order valence-corrected chi connectivity index (χ2v) is 4.50. The van der Waals surface area contributed by atoms with E-state index in [0.717, 1.165) is 32.4 Å². The predicted molar refractivity (Wildman–Crippen MR) is 65.6 cm³/mol. The van der Waals surface area contributed by atoms with Crippen LogP contribution in [-0.4, -0.2) is 46.8 Å². The second kappa shape index (κ2) is 5.31. The summed E-state index contributed by atoms with van der Waals surface area (Å²) < 4.78 is 1.87. The molecule has 5 nitrogen and oxygen atoms in total. The summed E-state index contributed by atoms with van der Waals surface area (Å²) in [4.78, 5) is 14.0. The minimum Gasteiger partial charge on any atom is -0.341 e. The third kappa shape index (κ3) is 2.66. The van der Waals surface area contributed by atoms with Gasteiger partial charge >= 0.3 is 0 Å². The fraction of sp³-hybridized carbons (Fsp3) is 0.667. The van der Waals surface area contributed by atoms with Crippen molar-refractivity contribution in [1.29, 1.82) is 0 Å². The molecule has 0 radical (unpaired) electrons. The summed E-state index contributed by atoms with van der Waals surface area (Å²) in [6, 6.07) is 2.01. The highest BCUT2D eigenvalue weighted by atomic mass is 16.2. The van der Waals surface area contributed by atoms with E-state index in [1.807, 2.05) is 29.7 Å². The number of amides is 1. The van der Waals surface area contributed by atoms with Crippen LogP contribution in [0.1, 0.15) is 18.5 Å². The Labute approximate surface area is 102 Å². The van der Waals surface area contributed by atoms with Crippen LogP contribution in [0.5, 0.6) is 0 Å². The van der Waals surface area contributed by atoms with Crippen molar-refractivity contribution in [2.24, 2.45) is 7.05 Å². The molecule has 1 N–H and O–H groups in total. The highest BCUT2D eigenvalue weighted by Crippen LogP contribution is 2.12. The number of rotatable bonds is 4. The Bertz CT molecular complexity index is 388. The van der Waals surface area contributed by atoms with Gasteiger partial charge in [0.25, 0.3) is 0 Å². The largest absolute Gasteiger partial charge is 0.341 e. The number of aryl methyl sites for hydroxylation is 1. The van der Waals surface area contributed by atoms with Crippen LogP contribution in [0.15, 0.2) is 12.3 Å². The first-order chi connectivity index (χ1) is 8.22. The number of carbonyl (C=O) groups is 1. The van der Waals surface area contributed by atoms with E-state index in [1.165, 1.54) is 5.69 Å². The molecule has 1 amide bonds. The first kappa shape index (κ1) is 12.1. The van der Waals surface area contributed by atoms with Gasteiger partial charge in [0.15, 0.2) is 0 Å². The number of likely N-dealkylation sites (tertiary alicyclic amines) is 1. The van der Waals surface area contributed by atoms with Gasteiger partial charge in [0, 0.05) is 38.4 Å². The molecule has 1 aromatic rings. The smallest absolute Gasteiger partial charge is 0.239 e. The summed E-state index contributed by atoms with van der Waals surface area (Å²) in [7, 11) is 3.79. The molecule has 1 aromatic heterocycles. The number of nitrogens with one attached hydrogen (secondary N) is 1. The Morgan fingerprint density at radius 1 is 1.59 bits per heavy atom. The van der Waals surface area contributed by atoms with Crippen LogP contribution >= 0.6 is 0 Å². The number of nitrogens with zero attached hydrogens (tertiary/aromatic N) is 3. The number of piperidine rings is 1. The van der Waals surface area contributed by atoms with E-state index in [9.17, 15) is 4.79 Å². The molecular weight excluding hydrogens is 216 g/mol. The number of carbonyl (C=O) groups excluding carboxylic acids is 1. The van der Waals surface area contributed by atoms with Crippen molar-refractivity contribution in [1.82, 2.24) is 20.0 Å². The van der Waals surface area contributed by atoms with Gasteiger partial charge < -0.3 is 10.2 Å². The first-order valence-electron chi connectivity index (χ1n) is 6.15. The standard InChI is InChI=1S/C12H20N4O/c1-13-11-4-3-8-16(12(11)17)9-6-10-5-7-14-15(10)2/h5,7,11,13H,3-4,6,8-9H2,1-2H3. The zero-order valence-electron chi connectivity index (χ0n) is 10.5. The molecule has 0 saturated carbocycles. The van der Waals surface area contributed by atoms with Crippen LogP contribution in [-0.2, 0) is 18.3 Å². The van der Waals surface area contributed by atoms with Crippen LogP contribution < -0.4 is 5.32 Å². The van der Waals surface area contributed by atoms with Crippen LogP contribution in [0.25, 0.3) is 0 Å². The summed E-state index contributed by atoms with van der Waals surface area (Å²) in [5.41, 5.74) is 1.17. The summed E-state index contributed by atoms with van der Waals surface area (Å²) in [5, 5.41) is 7.21. The maximum absolute atomic E-state index is 12.0. The molecular formula is C12H20N4O. The number of aromatic nitrogens is 2. The van der Waals surface area contributed by atoms with E-state index >= 15 is 0 Å². The molecule has 1 aliphatic rings. The minimum absolute atomic E-state index is 0.00953. The molecule has 1 atom stereocenters. The Hall–Kier alpha value is -1.36. The lowest BCUT2D eigenvalue weighted by Crippen LogP contribution is -2.50. The van der Waals surface area contributed by atoms with Crippen molar-refractivity contribution in [3.05, 3.63) is 18.0 Å². The van der Waals surface area contributed by atoms with Gasteiger partial charge in [-0.05, 0) is 26.0 Å². The molecule has 2 rings (SSSR count). The number of hydrogen-bond donors (Lipinski definition) is 1. The fourth-order valence-corrected chi connectivity index (χ4v) is 2.33. The topological polar surface area (TPSA) is 50.2 Å². The average molecular weight is 236 g/mol. The highest BCUT2D eigenvalue weighted by Gasteiger charge is 2.26. The van der Waals surface area contributed by atoms with Gasteiger partial charge in [-0.15, -0.1) is 0 Å². The van der Waals surface area contributed by atoms with Gasteiger partial charge in [-0.2, -0.15) is 5.10 Å². The molecule has 0 aromatic carbocycles. The van der Waals surface area contributed by atoms with Crippen LogP contribution in [0, 0.1) is 0 Å². The van der Waals surface area contributed by atoms with Gasteiger partial charge in [0.05, 0.1) is 6.04 Å². The quantitative estimate of drug-likeness (QED) is 0.811. The predicted octanol–water partition coefficient (Wildman–Crippen LogP) is 0.173. The lowest BCUT2D eigenvalue weighted by molar-refractivity contribution is -0.135. The molecule has 0 bridgehead atoms. The fourth-order valence-electron chi connectivity index (χ4n) is 2.33. The van der Waals surface area contributed by atoms with Gasteiger partial charge in [0.2, 0.25) is 5.91 Å². The summed E-state index contributed by atoms with van der Waals surface area (Å²) in [6.07, 6.45) is 4.71. The van der Waals surface area contributed by atoms with Gasteiger partial charge in [-0.3, -0.25) is 9.48 Å². The Morgan fingerprint density at radius 2 is 2.41 bits per heavy atom. The van der Waals surface area contributed by atoms with Gasteiger partial charge in [0.1, 0.15) is 0 Å². The van der Waals surface area contributed by atoms with E-state index in [0.29, 0.717) is 0 Å². The monoisotopic (exact) mass is 236 g/mol. The van der Waals surface area contributed by atoms with Crippen molar-refractivity contribution in [2.45, 2.75) is 25.3 Å². The Morgan fingerprint density at radius 3 is 3.06 bits per heavy atom. The van der Waals surface area contributed by atoms with E-state index in [2.05, 4.69) is 10.4 Å². The lowest BCUT2D eigenvalue weighted by Gasteiger charge is -2.32. The van der Waals surface area contributed by atoms with E-state index < -0.39 is 0 Å². The summed E-state index contributed by atoms with van der Waals surface area (Å²) in [5.74, 6) is 0.237. The second-order valence-electron chi connectivity index (χ2n) is 4.50. The Kier molecular flexibility index (Phi) is 3.78. The van der Waals surface area contributed by atoms with E-state index in [4.69, 9.17) is 0 Å². The van der Waals surface area contributed by atoms with Crippen molar-refractivity contribution >= 4 is 5.91 Å². The van der Waals surface area contributed by atoms with E-state index in [1.54, 1.807) is 6.20 Å². The molecule has 1 fully saturated rings. The molecule has 1 saturated heterocycles. The molecule has 5 heteroatoms. The summed E-state index contributed by atoms with van der Waals surface area (Å²) in [6.45, 7) is 1.67. The minimum atomic E-state index is 0.00953. The van der Waals surface area contributed by atoms with Crippen molar-refractivity contribution in [2.75, 3.05) is 20.1 Å². The third-order valence-electron chi connectivity index (χ3n) is 3.44. The highest BCUT2D eigenvalue weighted by molar-refractivity contribution is 5.82. The molecule has 94 valence electrons. The first-order valence-corrected chi connectivity index (χ1v) is 6.15. The molecule has 17 heavy (non-hydrogen) atoms. The number of likely N-dealkylation sites (N-methyl/N-ethyl adjacent to an activating group) is 1. The lowest BCUT2D eigenvalue weighted by atomic mass is 10.0. The van der Waals surface area contributed by atoms with Crippen molar-refractivity contribution < 1.29 is 4.79 Å². The molecule has 1 unspecified atom stereocenters. The number of hydrogen-bond acceptors (Lipinski definition) is 3. The van der Waals surface area contributed by atoms with Crippen LogP contribution in [0.3, 0.4) is 0 Å². The molecule has 0 aliphatic carbocycles. The Balaban J connectivity index is 1.90. The normalized spacial score (nSPS) is 20.9. The maximum Gasteiger partial charge on any atom is 0.239 e. The maximum atomic E-state index is 12.0. The van der Waals surface area contributed by atoms with Crippen LogP contribution in [0.4, 0.5) is 0 Å². The van der Waals surface area contributed by atoms with E-state index in [-0.39, 0.29) is 11.9 Å². The molecule has 0 spiro atoms. The summed E-state index contributed by atoms with van der Waals surface area (Å²) >= 11 is 0. The van der Waals surface area contributed by atoms with Gasteiger partial charge in [-0.25, -0.2) is 0 Å². The third-order valence-corrected chi connectivity index (χ3v) is 3.44. The zero-order valence-corrected chi connectivity index (χ0v) is 10.5. The van der Waals surface area contributed by atoms with Crippen LogP contribution in [0.2, 0.25) is 0 Å².